The number of fused-ring (bicyclic) bond motifs is 1. The maximum atomic E-state index is 5.84. The monoisotopic (exact) mass is 362 g/mol. The van der Waals surface area contributed by atoms with Crippen LogP contribution in [0.3, 0.4) is 0 Å². The molecule has 0 bridgehead atoms. The number of H-pyrrole nitrogens is 1. The van der Waals surface area contributed by atoms with Gasteiger partial charge < -0.3 is 15.6 Å². The minimum Gasteiger partial charge on any atom is -0.368 e. The first-order valence-corrected chi connectivity index (χ1v) is 8.82. The van der Waals surface area contributed by atoms with Crippen molar-refractivity contribution in [3.05, 3.63) is 37.1 Å². The maximum Gasteiger partial charge on any atom is 0.224 e. The smallest absolute Gasteiger partial charge is 0.224 e. The average Bonchev–Trinajstić information content (AvgIpc) is 3.38. The van der Waals surface area contributed by atoms with Crippen molar-refractivity contribution in [1.29, 1.82) is 0 Å². The van der Waals surface area contributed by atoms with Crippen LogP contribution in [-0.4, -0.2) is 53.0 Å². The molecule has 0 aliphatic carbocycles. The van der Waals surface area contributed by atoms with Crippen LogP contribution in [0.5, 0.6) is 0 Å². The summed E-state index contributed by atoms with van der Waals surface area (Å²) in [7, 11) is 0. The van der Waals surface area contributed by atoms with Gasteiger partial charge in [-0.1, -0.05) is 5.21 Å². The third-order valence-electron chi connectivity index (χ3n) is 4.89. The predicted octanol–water partition coefficient (Wildman–Crippen LogP) is 1.43. The first-order chi connectivity index (χ1) is 13.3. The number of aromatic amines is 1. The molecule has 10 heteroatoms. The van der Waals surface area contributed by atoms with Gasteiger partial charge in [0.05, 0.1) is 18.6 Å². The molecule has 4 aromatic rings. The van der Waals surface area contributed by atoms with E-state index in [0.29, 0.717) is 11.7 Å². The first kappa shape index (κ1) is 15.7. The molecule has 3 N–H and O–H groups in total. The zero-order chi connectivity index (χ0) is 18.2. The fourth-order valence-electron chi connectivity index (χ4n) is 3.51. The van der Waals surface area contributed by atoms with Crippen molar-refractivity contribution in [2.24, 2.45) is 0 Å². The van der Waals surface area contributed by atoms with Crippen LogP contribution in [0.15, 0.2) is 37.1 Å². The van der Waals surface area contributed by atoms with E-state index in [4.69, 9.17) is 5.73 Å². The Labute approximate surface area is 154 Å². The van der Waals surface area contributed by atoms with E-state index in [2.05, 4.69) is 40.1 Å². The zero-order valence-electron chi connectivity index (χ0n) is 14.5. The van der Waals surface area contributed by atoms with Crippen LogP contribution in [0.1, 0.15) is 18.9 Å². The van der Waals surface area contributed by atoms with Crippen LogP contribution < -0.4 is 10.6 Å². The van der Waals surface area contributed by atoms with Crippen molar-refractivity contribution in [2.75, 3.05) is 23.7 Å². The summed E-state index contributed by atoms with van der Waals surface area (Å²) >= 11 is 0. The predicted molar refractivity (Wildman–Crippen MR) is 99.8 cm³/mol. The van der Waals surface area contributed by atoms with Crippen LogP contribution in [0, 0.1) is 0 Å². The molecule has 0 amide bonds. The molecule has 1 aliphatic rings. The van der Waals surface area contributed by atoms with Crippen LogP contribution in [0.2, 0.25) is 0 Å². The summed E-state index contributed by atoms with van der Waals surface area (Å²) in [4.78, 5) is 22.2. The maximum absolute atomic E-state index is 5.84. The van der Waals surface area contributed by atoms with Crippen molar-refractivity contribution in [2.45, 2.75) is 18.9 Å². The zero-order valence-corrected chi connectivity index (χ0v) is 14.5. The Bertz CT molecular complexity index is 1060. The van der Waals surface area contributed by atoms with Crippen LogP contribution in [0.25, 0.3) is 22.4 Å². The molecule has 4 aromatic heterocycles. The van der Waals surface area contributed by atoms with Crippen molar-refractivity contribution in [3.63, 3.8) is 0 Å². The van der Waals surface area contributed by atoms with Crippen molar-refractivity contribution >= 4 is 22.9 Å². The highest BCUT2D eigenvalue weighted by atomic mass is 15.4. The Hall–Kier alpha value is -3.56. The number of nitrogens with one attached hydrogen (secondary N) is 1. The molecule has 5 rings (SSSR count). The quantitative estimate of drug-likeness (QED) is 0.560. The molecule has 0 unspecified atom stereocenters. The summed E-state index contributed by atoms with van der Waals surface area (Å²) in [5.41, 5.74) is 9.07. The van der Waals surface area contributed by atoms with E-state index in [1.807, 2.05) is 23.0 Å². The van der Waals surface area contributed by atoms with Crippen molar-refractivity contribution in [3.8, 4) is 11.3 Å². The fraction of sp³-hybridized carbons (Fsp3) is 0.294. The number of piperidine rings is 1. The molecule has 0 aromatic carbocycles. The first-order valence-electron chi connectivity index (χ1n) is 8.82. The average molecular weight is 362 g/mol. The second kappa shape index (κ2) is 6.31. The summed E-state index contributed by atoms with van der Waals surface area (Å²) in [6, 6.07) is 4.19. The molecular weight excluding hydrogens is 344 g/mol. The second-order valence-corrected chi connectivity index (χ2v) is 6.55. The van der Waals surface area contributed by atoms with Gasteiger partial charge in [-0.2, -0.15) is 9.97 Å². The number of nitrogens with two attached hydrogens (primary N) is 1. The Balaban J connectivity index is 1.33. The molecule has 5 heterocycles. The number of nitrogens with zero attached hydrogens (tertiary/aromatic N) is 8. The number of hydrogen-bond acceptors (Lipinski definition) is 8. The van der Waals surface area contributed by atoms with E-state index in [1.165, 1.54) is 0 Å². The topological polar surface area (TPSA) is 127 Å². The Morgan fingerprint density at radius 2 is 2.07 bits per heavy atom. The lowest BCUT2D eigenvalue weighted by Crippen LogP contribution is -2.35. The molecule has 10 nitrogen and oxygen atoms in total. The van der Waals surface area contributed by atoms with Gasteiger partial charge in [0.2, 0.25) is 5.95 Å². The number of nitrogen functional groups attached to an aromatic ring is 1. The number of rotatable bonds is 3. The van der Waals surface area contributed by atoms with Crippen molar-refractivity contribution < 1.29 is 0 Å². The number of anilines is 2. The van der Waals surface area contributed by atoms with E-state index in [1.54, 1.807) is 18.7 Å². The summed E-state index contributed by atoms with van der Waals surface area (Å²) in [6.07, 6.45) is 9.04. The highest BCUT2D eigenvalue weighted by molar-refractivity contribution is 5.84. The summed E-state index contributed by atoms with van der Waals surface area (Å²) in [5, 5.41) is 8.62. The van der Waals surface area contributed by atoms with Gasteiger partial charge in [0.15, 0.2) is 11.5 Å². The van der Waals surface area contributed by atoms with E-state index < -0.39 is 0 Å². The van der Waals surface area contributed by atoms with Gasteiger partial charge in [0.1, 0.15) is 11.2 Å². The molecule has 136 valence electrons. The molecule has 0 atom stereocenters. The fourth-order valence-corrected chi connectivity index (χ4v) is 3.51. The molecule has 0 radical (unpaired) electrons. The minimum absolute atomic E-state index is 0.240. The summed E-state index contributed by atoms with van der Waals surface area (Å²) < 4.78 is 1.96. The van der Waals surface area contributed by atoms with Gasteiger partial charge in [-0.15, -0.1) is 5.10 Å². The SMILES string of the molecule is Nc1nc(N2CCC(n3cc(-c4cccnc4)nn3)CC2)c2[nH]cnc2n1. The molecule has 0 saturated carbocycles. The van der Waals surface area contributed by atoms with Gasteiger partial charge in [-0.05, 0) is 25.0 Å². The molecule has 0 spiro atoms. The highest BCUT2D eigenvalue weighted by Crippen LogP contribution is 2.29. The minimum atomic E-state index is 0.240. The standard InChI is InChI=1S/C17H18N10/c18-17-22-15-14(20-10-21-15)16(23-17)26-6-3-12(4-7-26)27-9-13(24-25-27)11-2-1-5-19-8-11/h1-2,5,8-10,12H,3-4,6-7H2,(H3,18,20,21,22,23). The highest BCUT2D eigenvalue weighted by Gasteiger charge is 2.25. The molecular formula is C17H18N10. The Kier molecular flexibility index (Phi) is 3.66. The lowest BCUT2D eigenvalue weighted by Gasteiger charge is -2.32. The second-order valence-electron chi connectivity index (χ2n) is 6.55. The third kappa shape index (κ3) is 2.84. The Morgan fingerprint density at radius 3 is 2.89 bits per heavy atom. The number of imidazole rings is 1. The van der Waals surface area contributed by atoms with Crippen LogP contribution >= 0.6 is 0 Å². The molecule has 1 saturated heterocycles. The molecule has 1 aliphatic heterocycles. The van der Waals surface area contributed by atoms with E-state index in [9.17, 15) is 0 Å². The van der Waals surface area contributed by atoms with Gasteiger partial charge in [-0.25, -0.2) is 9.67 Å². The van der Waals surface area contributed by atoms with E-state index >= 15 is 0 Å². The summed E-state index contributed by atoms with van der Waals surface area (Å²) in [5.74, 6) is 1.05. The van der Waals surface area contributed by atoms with Gasteiger partial charge in [-0.3, -0.25) is 4.98 Å². The van der Waals surface area contributed by atoms with Crippen LogP contribution in [-0.2, 0) is 0 Å². The third-order valence-corrected chi connectivity index (χ3v) is 4.89. The normalized spacial score (nSPS) is 15.5. The van der Waals surface area contributed by atoms with E-state index in [-0.39, 0.29) is 5.95 Å². The lowest BCUT2D eigenvalue weighted by molar-refractivity contribution is 0.359. The van der Waals surface area contributed by atoms with Gasteiger partial charge in [0, 0.05) is 31.0 Å². The van der Waals surface area contributed by atoms with E-state index in [0.717, 1.165) is 48.5 Å². The van der Waals surface area contributed by atoms with Gasteiger partial charge >= 0.3 is 0 Å². The van der Waals surface area contributed by atoms with Gasteiger partial charge in [0.25, 0.3) is 0 Å². The number of pyridine rings is 1. The lowest BCUT2D eigenvalue weighted by atomic mass is 10.1. The summed E-state index contributed by atoms with van der Waals surface area (Å²) in [6.45, 7) is 1.69. The molecule has 27 heavy (non-hydrogen) atoms. The number of hydrogen-bond donors (Lipinski definition) is 2. The molecule has 1 fully saturated rings. The largest absolute Gasteiger partial charge is 0.368 e. The number of aromatic nitrogens is 8. The van der Waals surface area contributed by atoms with Crippen LogP contribution in [0.4, 0.5) is 11.8 Å². The Morgan fingerprint density at radius 1 is 1.19 bits per heavy atom. The van der Waals surface area contributed by atoms with Crippen molar-refractivity contribution in [1.82, 2.24) is 39.9 Å².